The molecule has 6 nitrogen and oxygen atoms in total. The van der Waals surface area contributed by atoms with Crippen LogP contribution in [0.3, 0.4) is 0 Å². The minimum absolute atomic E-state index is 0.0984. The van der Waals surface area contributed by atoms with E-state index >= 15 is 0 Å². The molecule has 1 aliphatic heterocycles. The first-order valence-corrected chi connectivity index (χ1v) is 12.2. The highest BCUT2D eigenvalue weighted by Gasteiger charge is 2.27. The summed E-state index contributed by atoms with van der Waals surface area (Å²) in [7, 11) is 0. The first-order chi connectivity index (χ1) is 17.1. The first kappa shape index (κ1) is 24.9. The van der Waals surface area contributed by atoms with E-state index in [1.807, 2.05) is 60.7 Å². The average Bonchev–Trinajstić information content (AvgIpc) is 2.91. The second kappa shape index (κ2) is 12.5. The fourth-order valence-electron chi connectivity index (χ4n) is 4.28. The van der Waals surface area contributed by atoms with Crippen LogP contribution in [-0.2, 0) is 16.0 Å². The van der Waals surface area contributed by atoms with Crippen LogP contribution in [0.2, 0.25) is 5.02 Å². The Morgan fingerprint density at radius 2 is 1.51 bits per heavy atom. The number of amides is 2. The Morgan fingerprint density at radius 1 is 0.886 bits per heavy atom. The molecular formula is C28H30ClN3O3. The lowest BCUT2D eigenvalue weighted by Gasteiger charge is -2.35. The van der Waals surface area contributed by atoms with Gasteiger partial charge < -0.3 is 15.4 Å². The Balaban J connectivity index is 1.50. The largest absolute Gasteiger partial charge is 0.379 e. The van der Waals surface area contributed by atoms with Crippen molar-refractivity contribution in [2.45, 2.75) is 18.5 Å². The van der Waals surface area contributed by atoms with E-state index < -0.39 is 6.04 Å². The summed E-state index contributed by atoms with van der Waals surface area (Å²) in [5.41, 5.74) is 2.45. The van der Waals surface area contributed by atoms with E-state index in [0.717, 1.165) is 24.2 Å². The molecule has 3 aromatic carbocycles. The molecule has 2 unspecified atom stereocenters. The van der Waals surface area contributed by atoms with E-state index in [1.54, 1.807) is 24.3 Å². The van der Waals surface area contributed by atoms with E-state index in [9.17, 15) is 9.59 Å². The summed E-state index contributed by atoms with van der Waals surface area (Å²) in [6.07, 6.45) is 0.388. The molecule has 3 aromatic rings. The summed E-state index contributed by atoms with van der Waals surface area (Å²) in [6.45, 7) is 3.15. The second-order valence-electron chi connectivity index (χ2n) is 8.51. The maximum atomic E-state index is 13.4. The molecule has 1 aliphatic rings. The fraction of sp³-hybridized carbons (Fsp3) is 0.286. The summed E-state index contributed by atoms with van der Waals surface area (Å²) < 4.78 is 5.52. The molecule has 0 radical (unpaired) electrons. The zero-order valence-electron chi connectivity index (χ0n) is 19.5. The monoisotopic (exact) mass is 491 g/mol. The Hall–Kier alpha value is -3.19. The number of ether oxygens (including phenoxy) is 1. The predicted octanol–water partition coefficient (Wildman–Crippen LogP) is 3.87. The Bertz CT molecular complexity index is 1100. The maximum Gasteiger partial charge on any atom is 0.251 e. The third-order valence-corrected chi connectivity index (χ3v) is 6.50. The van der Waals surface area contributed by atoms with Crippen molar-refractivity contribution in [1.82, 2.24) is 15.5 Å². The molecule has 1 saturated heterocycles. The summed E-state index contributed by atoms with van der Waals surface area (Å²) in [5, 5.41) is 6.68. The van der Waals surface area contributed by atoms with Crippen LogP contribution in [0.1, 0.15) is 27.5 Å². The molecular weight excluding hydrogens is 462 g/mol. The number of carbonyl (C=O) groups excluding carboxylic acids is 2. The number of hydrogen-bond acceptors (Lipinski definition) is 4. The standard InChI is InChI=1S/C28H30ClN3O3/c29-24-14-8-7-13-23(24)26(32-15-17-35-18-16-32)20-30-28(34)25(19-21-9-3-1-4-10-21)31-27(33)22-11-5-2-6-12-22/h1-14,25-26H,15-20H2,(H,30,34)(H,31,33). The van der Waals surface area contributed by atoms with E-state index in [-0.39, 0.29) is 17.9 Å². The van der Waals surface area contributed by atoms with Gasteiger partial charge in [-0.2, -0.15) is 0 Å². The zero-order chi connectivity index (χ0) is 24.5. The SMILES string of the molecule is O=C(NC(Cc1ccccc1)C(=O)NCC(c1ccccc1Cl)N1CCOCC1)c1ccccc1. The van der Waals surface area contributed by atoms with Gasteiger partial charge in [-0.05, 0) is 29.3 Å². The van der Waals surface area contributed by atoms with Crippen molar-refractivity contribution in [3.63, 3.8) is 0 Å². The lowest BCUT2D eigenvalue weighted by molar-refractivity contribution is -0.123. The number of carbonyl (C=O) groups is 2. The van der Waals surface area contributed by atoms with Crippen molar-refractivity contribution < 1.29 is 14.3 Å². The minimum Gasteiger partial charge on any atom is -0.379 e. The number of benzene rings is 3. The van der Waals surface area contributed by atoms with Gasteiger partial charge >= 0.3 is 0 Å². The van der Waals surface area contributed by atoms with Crippen molar-refractivity contribution in [3.05, 3.63) is 107 Å². The quantitative estimate of drug-likeness (QED) is 0.476. The van der Waals surface area contributed by atoms with Crippen molar-refractivity contribution in [2.75, 3.05) is 32.8 Å². The molecule has 35 heavy (non-hydrogen) atoms. The number of morpholine rings is 1. The van der Waals surface area contributed by atoms with Crippen LogP contribution in [0.15, 0.2) is 84.9 Å². The Morgan fingerprint density at radius 3 is 2.20 bits per heavy atom. The molecule has 2 N–H and O–H groups in total. The summed E-state index contributed by atoms with van der Waals surface area (Å²) in [5.74, 6) is -0.513. The number of rotatable bonds is 9. The molecule has 182 valence electrons. The van der Waals surface area contributed by atoms with Gasteiger partial charge in [-0.1, -0.05) is 78.3 Å². The lowest BCUT2D eigenvalue weighted by atomic mass is 10.0. The number of halogens is 1. The normalized spacial score (nSPS) is 15.7. The molecule has 2 atom stereocenters. The zero-order valence-corrected chi connectivity index (χ0v) is 20.3. The van der Waals surface area contributed by atoms with Crippen LogP contribution in [0.25, 0.3) is 0 Å². The van der Waals surface area contributed by atoms with Crippen LogP contribution in [0, 0.1) is 0 Å². The van der Waals surface area contributed by atoms with Crippen LogP contribution in [0.5, 0.6) is 0 Å². The smallest absolute Gasteiger partial charge is 0.251 e. The number of nitrogens with zero attached hydrogens (tertiary/aromatic N) is 1. The van der Waals surface area contributed by atoms with Crippen molar-refractivity contribution >= 4 is 23.4 Å². The molecule has 4 rings (SSSR count). The van der Waals surface area contributed by atoms with Crippen LogP contribution >= 0.6 is 11.6 Å². The van der Waals surface area contributed by atoms with Gasteiger partial charge in [0.1, 0.15) is 6.04 Å². The molecule has 2 amide bonds. The molecule has 1 heterocycles. The molecule has 0 bridgehead atoms. The topological polar surface area (TPSA) is 70.7 Å². The summed E-state index contributed by atoms with van der Waals surface area (Å²) in [4.78, 5) is 28.6. The van der Waals surface area contributed by atoms with Gasteiger partial charge in [0.25, 0.3) is 5.91 Å². The summed E-state index contributed by atoms with van der Waals surface area (Å²) in [6, 6.07) is 25.5. The van der Waals surface area contributed by atoms with Gasteiger partial charge in [-0.15, -0.1) is 0 Å². The van der Waals surface area contributed by atoms with Gasteiger partial charge in [0.2, 0.25) is 5.91 Å². The van der Waals surface area contributed by atoms with Crippen molar-refractivity contribution in [2.24, 2.45) is 0 Å². The van der Waals surface area contributed by atoms with Crippen LogP contribution < -0.4 is 10.6 Å². The van der Waals surface area contributed by atoms with E-state index in [2.05, 4.69) is 15.5 Å². The van der Waals surface area contributed by atoms with E-state index in [1.165, 1.54) is 0 Å². The molecule has 0 aliphatic carbocycles. The summed E-state index contributed by atoms with van der Waals surface area (Å²) >= 11 is 6.53. The fourth-order valence-corrected chi connectivity index (χ4v) is 4.54. The minimum atomic E-state index is -0.721. The van der Waals surface area contributed by atoms with Gasteiger partial charge in [-0.3, -0.25) is 14.5 Å². The second-order valence-corrected chi connectivity index (χ2v) is 8.92. The van der Waals surface area contributed by atoms with Crippen LogP contribution in [0.4, 0.5) is 0 Å². The third kappa shape index (κ3) is 6.92. The van der Waals surface area contributed by atoms with Gasteiger partial charge in [0.15, 0.2) is 0 Å². The van der Waals surface area contributed by atoms with Crippen molar-refractivity contribution in [1.29, 1.82) is 0 Å². The lowest BCUT2D eigenvalue weighted by Crippen LogP contribution is -2.50. The third-order valence-electron chi connectivity index (χ3n) is 6.16. The molecule has 1 fully saturated rings. The number of hydrogen-bond donors (Lipinski definition) is 2. The van der Waals surface area contributed by atoms with Gasteiger partial charge in [-0.25, -0.2) is 0 Å². The van der Waals surface area contributed by atoms with Crippen LogP contribution in [-0.4, -0.2) is 55.6 Å². The molecule has 7 heteroatoms. The Kier molecular flexibility index (Phi) is 8.90. The molecule has 0 aromatic heterocycles. The van der Waals surface area contributed by atoms with E-state index in [4.69, 9.17) is 16.3 Å². The maximum absolute atomic E-state index is 13.4. The van der Waals surface area contributed by atoms with Crippen molar-refractivity contribution in [3.8, 4) is 0 Å². The molecule has 0 spiro atoms. The van der Waals surface area contributed by atoms with Gasteiger partial charge in [0.05, 0.1) is 19.3 Å². The number of nitrogens with one attached hydrogen (secondary N) is 2. The highest BCUT2D eigenvalue weighted by Crippen LogP contribution is 2.27. The van der Waals surface area contributed by atoms with Gasteiger partial charge in [0, 0.05) is 36.6 Å². The highest BCUT2D eigenvalue weighted by molar-refractivity contribution is 6.31. The average molecular weight is 492 g/mol. The Labute approximate surface area is 211 Å². The highest BCUT2D eigenvalue weighted by atomic mass is 35.5. The first-order valence-electron chi connectivity index (χ1n) is 11.9. The predicted molar refractivity (Wildman–Crippen MR) is 137 cm³/mol. The molecule has 0 saturated carbocycles. The van der Waals surface area contributed by atoms with E-state index in [0.29, 0.717) is 36.8 Å².